The van der Waals surface area contributed by atoms with Gasteiger partial charge in [-0.05, 0) is 24.7 Å². The molecule has 1 unspecified atom stereocenters. The van der Waals surface area contributed by atoms with Gasteiger partial charge in [-0.2, -0.15) is 0 Å². The van der Waals surface area contributed by atoms with Gasteiger partial charge in [0.1, 0.15) is 5.82 Å². The van der Waals surface area contributed by atoms with Crippen LogP contribution in [0.25, 0.3) is 0 Å². The third-order valence-corrected chi connectivity index (χ3v) is 3.29. The number of hydrogen-bond donors (Lipinski definition) is 2. The molecular weight excluding hydrogens is 207 g/mol. The summed E-state index contributed by atoms with van der Waals surface area (Å²) in [5.41, 5.74) is 6.82. The lowest BCUT2D eigenvalue weighted by molar-refractivity contribution is -0.126. The van der Waals surface area contributed by atoms with Crippen molar-refractivity contribution in [2.75, 3.05) is 26.8 Å². The van der Waals surface area contributed by atoms with E-state index in [4.69, 9.17) is 10.5 Å². The van der Waals surface area contributed by atoms with Gasteiger partial charge in [0.25, 0.3) is 0 Å². The summed E-state index contributed by atoms with van der Waals surface area (Å²) in [4.78, 5) is 0. The van der Waals surface area contributed by atoms with Crippen molar-refractivity contribution in [1.29, 1.82) is 0 Å². The van der Waals surface area contributed by atoms with E-state index in [9.17, 15) is 4.39 Å². The van der Waals surface area contributed by atoms with Gasteiger partial charge in [-0.3, -0.25) is 0 Å². The Morgan fingerprint density at radius 3 is 2.44 bits per heavy atom. The molecule has 1 aromatic carbocycles. The number of hydrogen-bond acceptors (Lipinski definition) is 3. The number of nitrogens with two attached hydrogens (primary N) is 1. The zero-order valence-corrected chi connectivity index (χ0v) is 9.37. The molecule has 1 heterocycles. The molecule has 16 heavy (non-hydrogen) atoms. The van der Waals surface area contributed by atoms with Gasteiger partial charge >= 0.3 is 0 Å². The van der Waals surface area contributed by atoms with Crippen LogP contribution in [-0.2, 0) is 4.74 Å². The molecule has 0 spiro atoms. The molecule has 1 atom stereocenters. The summed E-state index contributed by atoms with van der Waals surface area (Å²) in [7, 11) is 1.89. The number of nitrogens with one attached hydrogen (secondary N) is 1. The van der Waals surface area contributed by atoms with E-state index < -0.39 is 0 Å². The first-order chi connectivity index (χ1) is 7.72. The van der Waals surface area contributed by atoms with Crippen LogP contribution in [-0.4, -0.2) is 26.8 Å². The van der Waals surface area contributed by atoms with E-state index in [1.54, 1.807) is 12.1 Å². The van der Waals surface area contributed by atoms with Crippen molar-refractivity contribution < 1.29 is 9.13 Å². The molecule has 1 aliphatic rings. The minimum Gasteiger partial charge on any atom is -0.380 e. The summed E-state index contributed by atoms with van der Waals surface area (Å²) >= 11 is 0. The number of rotatable bonds is 4. The second kappa shape index (κ2) is 4.49. The van der Waals surface area contributed by atoms with Crippen LogP contribution in [0.15, 0.2) is 24.3 Å². The highest BCUT2D eigenvalue weighted by Crippen LogP contribution is 2.39. The van der Waals surface area contributed by atoms with Crippen LogP contribution in [0.1, 0.15) is 11.6 Å². The Morgan fingerprint density at radius 1 is 1.44 bits per heavy atom. The molecule has 0 radical (unpaired) electrons. The normalized spacial score (nSPS) is 20.2. The van der Waals surface area contributed by atoms with Crippen molar-refractivity contribution in [1.82, 2.24) is 5.32 Å². The average Bonchev–Trinajstić information content (AvgIpc) is 2.25. The highest BCUT2D eigenvalue weighted by atomic mass is 19.1. The van der Waals surface area contributed by atoms with Crippen LogP contribution in [0.4, 0.5) is 4.39 Å². The molecule has 1 fully saturated rings. The largest absolute Gasteiger partial charge is 0.380 e. The Morgan fingerprint density at radius 2 is 2.06 bits per heavy atom. The molecular formula is C12H17FN2O. The quantitative estimate of drug-likeness (QED) is 0.804. The second-order valence-corrected chi connectivity index (χ2v) is 4.33. The first kappa shape index (κ1) is 11.5. The first-order valence-corrected chi connectivity index (χ1v) is 5.42. The highest BCUT2D eigenvalue weighted by molar-refractivity contribution is 5.23. The van der Waals surface area contributed by atoms with E-state index >= 15 is 0 Å². The van der Waals surface area contributed by atoms with Gasteiger partial charge < -0.3 is 15.8 Å². The maximum absolute atomic E-state index is 12.9. The Balaban J connectivity index is 2.25. The van der Waals surface area contributed by atoms with Crippen molar-refractivity contribution in [3.63, 3.8) is 0 Å². The molecule has 0 amide bonds. The molecule has 0 bridgehead atoms. The smallest absolute Gasteiger partial charge is 0.123 e. The van der Waals surface area contributed by atoms with Crippen LogP contribution >= 0.6 is 0 Å². The van der Waals surface area contributed by atoms with Crippen molar-refractivity contribution >= 4 is 0 Å². The summed E-state index contributed by atoms with van der Waals surface area (Å²) in [5.74, 6) is -0.217. The monoisotopic (exact) mass is 224 g/mol. The highest BCUT2D eigenvalue weighted by Gasteiger charge is 2.44. The molecule has 0 aliphatic carbocycles. The van der Waals surface area contributed by atoms with Crippen molar-refractivity contribution in [3.8, 4) is 0 Å². The summed E-state index contributed by atoms with van der Waals surface area (Å²) in [6.45, 7) is 1.88. The van der Waals surface area contributed by atoms with Crippen LogP contribution < -0.4 is 11.1 Å². The predicted octanol–water partition coefficient (Wildman–Crippen LogP) is 1.06. The molecule has 0 saturated carbocycles. The second-order valence-electron chi connectivity index (χ2n) is 4.33. The fraction of sp³-hybridized carbons (Fsp3) is 0.500. The third kappa shape index (κ3) is 1.84. The zero-order chi connectivity index (χ0) is 11.6. The van der Waals surface area contributed by atoms with E-state index in [1.165, 1.54) is 12.1 Å². The Bertz CT molecular complexity index is 343. The molecule has 4 heteroatoms. The van der Waals surface area contributed by atoms with Gasteiger partial charge in [0, 0.05) is 18.0 Å². The molecule has 1 saturated heterocycles. The van der Waals surface area contributed by atoms with Crippen LogP contribution in [0.3, 0.4) is 0 Å². The van der Waals surface area contributed by atoms with Crippen LogP contribution in [0.2, 0.25) is 0 Å². The zero-order valence-electron chi connectivity index (χ0n) is 9.37. The Kier molecular flexibility index (Phi) is 3.23. The lowest BCUT2D eigenvalue weighted by atomic mass is 9.75. The number of ether oxygens (including phenoxy) is 1. The van der Waals surface area contributed by atoms with Crippen LogP contribution in [0.5, 0.6) is 0 Å². The van der Waals surface area contributed by atoms with E-state index in [0.717, 1.165) is 5.56 Å². The van der Waals surface area contributed by atoms with Gasteiger partial charge in [-0.15, -0.1) is 0 Å². The molecule has 0 aromatic heterocycles. The van der Waals surface area contributed by atoms with Gasteiger partial charge in [0.05, 0.1) is 13.2 Å². The van der Waals surface area contributed by atoms with E-state index in [1.807, 2.05) is 7.05 Å². The Hall–Kier alpha value is -0.970. The molecule has 2 rings (SSSR count). The van der Waals surface area contributed by atoms with Crippen molar-refractivity contribution in [3.05, 3.63) is 35.6 Å². The minimum atomic E-state index is -0.217. The van der Waals surface area contributed by atoms with E-state index in [-0.39, 0.29) is 17.3 Å². The van der Waals surface area contributed by atoms with Crippen molar-refractivity contribution in [2.24, 2.45) is 11.1 Å². The maximum atomic E-state index is 12.9. The number of halogens is 1. The van der Waals surface area contributed by atoms with E-state index in [2.05, 4.69) is 5.32 Å². The fourth-order valence-electron chi connectivity index (χ4n) is 2.25. The summed E-state index contributed by atoms with van der Waals surface area (Å²) in [6.07, 6.45) is 0. The SMILES string of the molecule is CNC(c1ccc(F)cc1)C1(CN)COC1. The topological polar surface area (TPSA) is 47.3 Å². The molecule has 3 nitrogen and oxygen atoms in total. The van der Waals surface area contributed by atoms with Crippen LogP contribution in [0, 0.1) is 11.2 Å². The predicted molar refractivity (Wildman–Crippen MR) is 60.5 cm³/mol. The third-order valence-electron chi connectivity index (χ3n) is 3.29. The lowest BCUT2D eigenvalue weighted by Gasteiger charge is -2.46. The summed E-state index contributed by atoms with van der Waals surface area (Å²) in [5, 5.41) is 3.25. The maximum Gasteiger partial charge on any atom is 0.123 e. The van der Waals surface area contributed by atoms with Gasteiger partial charge in [0.15, 0.2) is 0 Å². The van der Waals surface area contributed by atoms with Gasteiger partial charge in [0.2, 0.25) is 0 Å². The Labute approximate surface area is 94.8 Å². The summed E-state index contributed by atoms with van der Waals surface area (Å²) < 4.78 is 18.1. The average molecular weight is 224 g/mol. The first-order valence-electron chi connectivity index (χ1n) is 5.42. The van der Waals surface area contributed by atoms with Crippen molar-refractivity contribution in [2.45, 2.75) is 6.04 Å². The van der Waals surface area contributed by atoms with Gasteiger partial charge in [-0.1, -0.05) is 12.1 Å². The van der Waals surface area contributed by atoms with E-state index in [0.29, 0.717) is 19.8 Å². The lowest BCUT2D eigenvalue weighted by Crippen LogP contribution is -2.55. The van der Waals surface area contributed by atoms with Gasteiger partial charge in [-0.25, -0.2) is 4.39 Å². The minimum absolute atomic E-state index is 0.0490. The molecule has 88 valence electrons. The molecule has 3 N–H and O–H groups in total. The standard InChI is InChI=1S/C12H17FN2O/c1-15-11(12(6-14)7-16-8-12)9-2-4-10(13)5-3-9/h2-5,11,15H,6-8,14H2,1H3. The fourth-order valence-corrected chi connectivity index (χ4v) is 2.25. The molecule has 1 aliphatic heterocycles. The number of benzene rings is 1. The summed E-state index contributed by atoms with van der Waals surface area (Å²) in [6, 6.07) is 6.66. The molecule has 1 aromatic rings.